The molecule has 0 aliphatic heterocycles. The van der Waals surface area contributed by atoms with Gasteiger partial charge in [0.2, 0.25) is 17.6 Å². The minimum absolute atomic E-state index is 0.0146. The van der Waals surface area contributed by atoms with Crippen LogP contribution < -0.4 is 5.32 Å². The predicted molar refractivity (Wildman–Crippen MR) is 130 cm³/mol. The van der Waals surface area contributed by atoms with Crippen LogP contribution in [0.25, 0.3) is 11.4 Å². The van der Waals surface area contributed by atoms with Crippen molar-refractivity contribution in [3.05, 3.63) is 55.6 Å². The second-order valence-electron chi connectivity index (χ2n) is 9.43. The Morgan fingerprint density at radius 3 is 2.62 bits per heavy atom. The Bertz CT molecular complexity index is 1020. The Morgan fingerprint density at radius 2 is 1.91 bits per heavy atom. The Hall–Kier alpha value is -3.29. The number of nitrogens with zero attached hydrogens (tertiary/aromatic N) is 5. The maximum Gasteiger partial charge on any atom is 0.226 e. The molecule has 4 rings (SSSR count). The first-order valence-electron chi connectivity index (χ1n) is 12.2. The fourth-order valence-corrected chi connectivity index (χ4v) is 4.81. The van der Waals surface area contributed by atoms with Gasteiger partial charge in [-0.2, -0.15) is 4.80 Å². The molecule has 2 aliphatic carbocycles. The standard InChI is InChI=1S/C26H34N6O2/c1-4-6-7-11-14-31(3)26(34)22-17-20(16-21(22)25(33)27-23-15-18(23)5-2)32-29-24(28-30-32)19-12-9-8-10-13-19/h4-5,8-10,12-13,18,20-23H,1-2,6-7,11,14-17H2,3H3,(H,27,33)/t18-,20-,21-,22?,23-/m1/s1. The van der Waals surface area contributed by atoms with Crippen LogP contribution in [0.4, 0.5) is 0 Å². The van der Waals surface area contributed by atoms with Gasteiger partial charge in [-0.1, -0.05) is 42.5 Å². The SMILES string of the molecule is C=CCCCCN(C)C(=O)C1C[C@H](n2nnc(-c3ccccc3)n2)C[C@H]1C(=O)N[C@@H]1C[C@H]1C=C. The quantitative estimate of drug-likeness (QED) is 0.408. The van der Waals surface area contributed by atoms with Gasteiger partial charge in [0.25, 0.3) is 0 Å². The van der Waals surface area contributed by atoms with Crippen molar-refractivity contribution in [2.24, 2.45) is 17.8 Å². The van der Waals surface area contributed by atoms with E-state index in [0.717, 1.165) is 31.2 Å². The Labute approximate surface area is 201 Å². The molecule has 8 heteroatoms. The number of carbonyl (C=O) groups excluding carboxylic acids is 2. The van der Waals surface area contributed by atoms with Crippen LogP contribution in [0.3, 0.4) is 0 Å². The van der Waals surface area contributed by atoms with Gasteiger partial charge in [0, 0.05) is 25.2 Å². The summed E-state index contributed by atoms with van der Waals surface area (Å²) in [6.45, 7) is 8.24. The fraction of sp³-hybridized carbons (Fsp3) is 0.500. The zero-order valence-corrected chi connectivity index (χ0v) is 19.8. The average molecular weight is 463 g/mol. The van der Waals surface area contributed by atoms with E-state index < -0.39 is 11.8 Å². The smallest absolute Gasteiger partial charge is 0.226 e. The number of allylic oxidation sites excluding steroid dienone is 1. The van der Waals surface area contributed by atoms with Crippen LogP contribution in [0.1, 0.15) is 44.6 Å². The third-order valence-corrected chi connectivity index (χ3v) is 6.98. The highest BCUT2D eigenvalue weighted by molar-refractivity contribution is 5.88. The van der Waals surface area contributed by atoms with Gasteiger partial charge < -0.3 is 10.2 Å². The van der Waals surface area contributed by atoms with E-state index in [1.165, 1.54) is 0 Å². The number of hydrogen-bond donors (Lipinski definition) is 1. The molecule has 2 fully saturated rings. The largest absolute Gasteiger partial charge is 0.352 e. The van der Waals surface area contributed by atoms with E-state index in [-0.39, 0.29) is 23.9 Å². The molecule has 0 saturated heterocycles. The van der Waals surface area contributed by atoms with E-state index in [4.69, 9.17) is 0 Å². The van der Waals surface area contributed by atoms with Gasteiger partial charge in [-0.05, 0) is 49.7 Å². The lowest BCUT2D eigenvalue weighted by atomic mass is 9.93. The lowest BCUT2D eigenvalue weighted by molar-refractivity contribution is -0.139. The number of carbonyl (C=O) groups is 2. The van der Waals surface area contributed by atoms with Crippen LogP contribution in [-0.4, -0.2) is 56.6 Å². The minimum atomic E-state index is -0.412. The van der Waals surface area contributed by atoms with Crippen molar-refractivity contribution < 1.29 is 9.59 Å². The van der Waals surface area contributed by atoms with Crippen LogP contribution in [-0.2, 0) is 9.59 Å². The summed E-state index contributed by atoms with van der Waals surface area (Å²) in [5.74, 6) is 0.0158. The number of tetrazole rings is 1. The van der Waals surface area contributed by atoms with Crippen LogP contribution >= 0.6 is 0 Å². The molecule has 2 aromatic rings. The van der Waals surface area contributed by atoms with E-state index in [0.29, 0.717) is 31.1 Å². The molecule has 180 valence electrons. The Kier molecular flexibility index (Phi) is 7.55. The number of unbranched alkanes of at least 4 members (excludes halogenated alkanes) is 2. The molecule has 2 amide bonds. The van der Waals surface area contributed by atoms with E-state index in [1.54, 1.807) is 9.70 Å². The van der Waals surface area contributed by atoms with Gasteiger partial charge in [0.15, 0.2) is 0 Å². The van der Waals surface area contributed by atoms with E-state index in [2.05, 4.69) is 33.9 Å². The first-order valence-corrected chi connectivity index (χ1v) is 12.2. The van der Waals surface area contributed by atoms with Crippen LogP contribution in [0, 0.1) is 17.8 Å². The highest BCUT2D eigenvalue weighted by atomic mass is 16.2. The molecule has 1 aromatic carbocycles. The van der Waals surface area contributed by atoms with Gasteiger partial charge in [-0.25, -0.2) is 0 Å². The summed E-state index contributed by atoms with van der Waals surface area (Å²) >= 11 is 0. The van der Waals surface area contributed by atoms with Crippen molar-refractivity contribution in [3.63, 3.8) is 0 Å². The zero-order chi connectivity index (χ0) is 24.1. The molecule has 0 radical (unpaired) electrons. The first-order chi connectivity index (χ1) is 16.5. The molecule has 1 heterocycles. The van der Waals surface area contributed by atoms with E-state index in [1.807, 2.05) is 49.5 Å². The second-order valence-corrected chi connectivity index (χ2v) is 9.43. The maximum atomic E-state index is 13.4. The molecule has 8 nitrogen and oxygen atoms in total. The molecule has 34 heavy (non-hydrogen) atoms. The summed E-state index contributed by atoms with van der Waals surface area (Å²) in [6.07, 6.45) is 8.57. The first kappa shape index (κ1) is 23.9. The third kappa shape index (κ3) is 5.43. The molecule has 5 atom stereocenters. The van der Waals surface area contributed by atoms with Crippen molar-refractivity contribution >= 4 is 11.8 Å². The van der Waals surface area contributed by atoms with Crippen molar-refractivity contribution in [1.29, 1.82) is 0 Å². The fourth-order valence-electron chi connectivity index (χ4n) is 4.81. The van der Waals surface area contributed by atoms with Crippen LogP contribution in [0.15, 0.2) is 55.6 Å². The molecule has 2 saturated carbocycles. The van der Waals surface area contributed by atoms with Gasteiger partial charge in [-0.3, -0.25) is 9.59 Å². The van der Waals surface area contributed by atoms with Gasteiger partial charge >= 0.3 is 0 Å². The molecule has 2 aliphatic rings. The highest BCUT2D eigenvalue weighted by Crippen LogP contribution is 2.41. The molecule has 1 aromatic heterocycles. The molecular formula is C26H34N6O2. The number of aromatic nitrogens is 4. The van der Waals surface area contributed by atoms with Crippen molar-refractivity contribution in [2.45, 2.75) is 50.6 Å². The monoisotopic (exact) mass is 462 g/mol. The molecule has 0 bridgehead atoms. The number of benzene rings is 1. The molecular weight excluding hydrogens is 428 g/mol. The number of hydrogen-bond acceptors (Lipinski definition) is 5. The summed E-state index contributed by atoms with van der Waals surface area (Å²) < 4.78 is 0. The van der Waals surface area contributed by atoms with Gasteiger partial charge in [-0.15, -0.1) is 23.4 Å². The minimum Gasteiger partial charge on any atom is -0.352 e. The lowest BCUT2D eigenvalue weighted by Crippen LogP contribution is -2.41. The van der Waals surface area contributed by atoms with Gasteiger partial charge in [0.05, 0.1) is 17.9 Å². The molecule has 0 spiro atoms. The summed E-state index contributed by atoms with van der Waals surface area (Å²) in [6, 6.07) is 9.65. The summed E-state index contributed by atoms with van der Waals surface area (Å²) in [5.41, 5.74) is 0.886. The van der Waals surface area contributed by atoms with Crippen molar-refractivity contribution in [2.75, 3.05) is 13.6 Å². The van der Waals surface area contributed by atoms with Crippen molar-refractivity contribution in [1.82, 2.24) is 30.4 Å². The normalized spacial score (nSPS) is 25.5. The number of rotatable bonds is 11. The van der Waals surface area contributed by atoms with Crippen LogP contribution in [0.2, 0.25) is 0 Å². The molecule has 1 N–H and O–H groups in total. The Balaban J connectivity index is 1.47. The summed E-state index contributed by atoms with van der Waals surface area (Å²) in [4.78, 5) is 30.0. The van der Waals surface area contributed by atoms with E-state index >= 15 is 0 Å². The molecule has 1 unspecified atom stereocenters. The number of amides is 2. The summed E-state index contributed by atoms with van der Waals surface area (Å²) in [5, 5.41) is 16.2. The van der Waals surface area contributed by atoms with Gasteiger partial charge in [0.1, 0.15) is 0 Å². The average Bonchev–Trinajstić information content (AvgIpc) is 3.24. The topological polar surface area (TPSA) is 93.0 Å². The Morgan fingerprint density at radius 1 is 1.15 bits per heavy atom. The lowest BCUT2D eigenvalue weighted by Gasteiger charge is -2.24. The third-order valence-electron chi connectivity index (χ3n) is 6.98. The highest BCUT2D eigenvalue weighted by Gasteiger charge is 2.47. The second kappa shape index (κ2) is 10.8. The maximum absolute atomic E-state index is 13.4. The number of nitrogens with one attached hydrogen (secondary N) is 1. The predicted octanol–water partition coefficient (Wildman–Crippen LogP) is 3.41. The summed E-state index contributed by atoms with van der Waals surface area (Å²) in [7, 11) is 1.83. The van der Waals surface area contributed by atoms with Crippen LogP contribution in [0.5, 0.6) is 0 Å². The van der Waals surface area contributed by atoms with E-state index in [9.17, 15) is 9.59 Å². The zero-order valence-electron chi connectivity index (χ0n) is 19.8. The van der Waals surface area contributed by atoms with Crippen molar-refractivity contribution in [3.8, 4) is 11.4 Å².